The van der Waals surface area contributed by atoms with Crippen molar-refractivity contribution in [1.29, 1.82) is 0 Å². The maximum Gasteiger partial charge on any atom is 0.0482 e. The van der Waals surface area contributed by atoms with Gasteiger partial charge in [0.05, 0.1) is 0 Å². The maximum absolute atomic E-state index is 2.46. The lowest BCUT2D eigenvalue weighted by atomic mass is 10.1. The molecule has 0 saturated carbocycles. The van der Waals surface area contributed by atoms with Gasteiger partial charge in [-0.3, -0.25) is 0 Å². The van der Waals surface area contributed by atoms with Crippen molar-refractivity contribution in [3.05, 3.63) is 36.5 Å². The zero-order chi connectivity index (χ0) is 11.0. The number of rotatable bonds is 1. The van der Waals surface area contributed by atoms with E-state index >= 15 is 0 Å². The van der Waals surface area contributed by atoms with Gasteiger partial charge < -0.3 is 9.47 Å². The molecule has 0 unspecified atom stereocenters. The molecule has 0 N–H and O–H groups in total. The largest absolute Gasteiger partial charge is 0.344 e. The fraction of sp³-hybridized carbons (Fsp3) is 0.429. The van der Waals surface area contributed by atoms with E-state index in [9.17, 15) is 0 Å². The molecular formula is C14H18N2. The summed E-state index contributed by atoms with van der Waals surface area (Å²) < 4.78 is 2.46. The van der Waals surface area contributed by atoms with Crippen LogP contribution in [0.4, 0.5) is 0 Å². The number of para-hydroxylation sites is 1. The summed E-state index contributed by atoms with van der Waals surface area (Å²) in [5.74, 6) is 0. The molecule has 2 nitrogen and oxygen atoms in total. The number of hydrogen-bond acceptors (Lipinski definition) is 1. The standard InChI is InChI=1S/C14H18N2/c1-15-9-7-13(8-10-15)16-11-6-12-4-2-3-5-14(12)16/h2-6,11,13H,7-10H2,1H3. The first-order valence-electron chi connectivity index (χ1n) is 6.09. The van der Waals surface area contributed by atoms with E-state index in [1.165, 1.54) is 36.8 Å². The van der Waals surface area contributed by atoms with Crippen LogP contribution in [0.5, 0.6) is 0 Å². The van der Waals surface area contributed by atoms with Gasteiger partial charge in [-0.1, -0.05) is 18.2 Å². The van der Waals surface area contributed by atoms with Crippen molar-refractivity contribution >= 4 is 10.9 Å². The molecule has 2 heterocycles. The minimum Gasteiger partial charge on any atom is -0.344 e. The Bertz CT molecular complexity index is 478. The highest BCUT2D eigenvalue weighted by molar-refractivity contribution is 5.80. The molecule has 0 amide bonds. The van der Waals surface area contributed by atoms with Gasteiger partial charge in [-0.2, -0.15) is 0 Å². The highest BCUT2D eigenvalue weighted by atomic mass is 15.1. The van der Waals surface area contributed by atoms with Crippen molar-refractivity contribution in [3.8, 4) is 0 Å². The SMILES string of the molecule is CN1CCC(n2ccc3ccccc32)CC1. The van der Waals surface area contributed by atoms with E-state index in [1.807, 2.05) is 0 Å². The topological polar surface area (TPSA) is 8.17 Å². The second-order valence-corrected chi connectivity index (χ2v) is 4.82. The van der Waals surface area contributed by atoms with Gasteiger partial charge in [0.15, 0.2) is 0 Å². The fourth-order valence-electron chi connectivity index (χ4n) is 2.70. The third kappa shape index (κ3) is 1.63. The molecule has 0 aliphatic carbocycles. The summed E-state index contributed by atoms with van der Waals surface area (Å²) in [4.78, 5) is 2.42. The lowest BCUT2D eigenvalue weighted by Crippen LogP contribution is -2.31. The minimum absolute atomic E-state index is 0.691. The molecule has 2 heteroatoms. The molecule has 1 fully saturated rings. The molecule has 2 aromatic rings. The summed E-state index contributed by atoms with van der Waals surface area (Å²) in [6.07, 6.45) is 4.80. The number of aromatic nitrogens is 1. The first-order valence-corrected chi connectivity index (χ1v) is 6.09. The minimum atomic E-state index is 0.691. The summed E-state index contributed by atoms with van der Waals surface area (Å²) in [6.45, 7) is 2.44. The molecule has 1 saturated heterocycles. The van der Waals surface area contributed by atoms with Gasteiger partial charge in [0, 0.05) is 17.8 Å². The molecule has 3 rings (SSSR count). The average Bonchev–Trinajstić information content (AvgIpc) is 2.74. The monoisotopic (exact) mass is 214 g/mol. The predicted molar refractivity (Wildman–Crippen MR) is 67.7 cm³/mol. The van der Waals surface area contributed by atoms with Crippen LogP contribution in [0, 0.1) is 0 Å². The fourth-order valence-corrected chi connectivity index (χ4v) is 2.70. The highest BCUT2D eigenvalue weighted by Gasteiger charge is 2.18. The quantitative estimate of drug-likeness (QED) is 0.708. The van der Waals surface area contributed by atoms with Crippen molar-refractivity contribution in [2.75, 3.05) is 20.1 Å². The van der Waals surface area contributed by atoms with Crippen LogP contribution in [-0.2, 0) is 0 Å². The zero-order valence-corrected chi connectivity index (χ0v) is 9.76. The molecular weight excluding hydrogens is 196 g/mol. The van der Waals surface area contributed by atoms with Gasteiger partial charge in [0.25, 0.3) is 0 Å². The number of benzene rings is 1. The molecule has 1 aromatic heterocycles. The van der Waals surface area contributed by atoms with E-state index in [1.54, 1.807) is 0 Å². The molecule has 0 atom stereocenters. The van der Waals surface area contributed by atoms with Crippen molar-refractivity contribution < 1.29 is 0 Å². The van der Waals surface area contributed by atoms with Crippen molar-refractivity contribution in [2.24, 2.45) is 0 Å². The molecule has 16 heavy (non-hydrogen) atoms. The van der Waals surface area contributed by atoms with Gasteiger partial charge >= 0.3 is 0 Å². The smallest absolute Gasteiger partial charge is 0.0482 e. The van der Waals surface area contributed by atoms with Crippen LogP contribution in [0.3, 0.4) is 0 Å². The first kappa shape index (κ1) is 9.91. The van der Waals surface area contributed by atoms with E-state index in [-0.39, 0.29) is 0 Å². The summed E-state index contributed by atoms with van der Waals surface area (Å²) in [7, 11) is 2.21. The van der Waals surface area contributed by atoms with E-state index in [0.717, 1.165) is 0 Å². The van der Waals surface area contributed by atoms with Crippen LogP contribution in [0.2, 0.25) is 0 Å². The van der Waals surface area contributed by atoms with E-state index < -0.39 is 0 Å². The van der Waals surface area contributed by atoms with Gasteiger partial charge in [0.2, 0.25) is 0 Å². The van der Waals surface area contributed by atoms with Crippen LogP contribution in [0.15, 0.2) is 36.5 Å². The van der Waals surface area contributed by atoms with Crippen molar-refractivity contribution in [3.63, 3.8) is 0 Å². The molecule has 0 radical (unpaired) electrons. The number of piperidine rings is 1. The third-order valence-corrected chi connectivity index (χ3v) is 3.71. The Morgan fingerprint density at radius 2 is 1.81 bits per heavy atom. The van der Waals surface area contributed by atoms with Crippen LogP contribution >= 0.6 is 0 Å². The number of fused-ring (bicyclic) bond motifs is 1. The van der Waals surface area contributed by atoms with E-state index in [4.69, 9.17) is 0 Å². The third-order valence-electron chi connectivity index (χ3n) is 3.71. The Kier molecular flexibility index (Phi) is 2.44. The van der Waals surface area contributed by atoms with E-state index in [0.29, 0.717) is 6.04 Å². The normalized spacial score (nSPS) is 19.3. The summed E-state index contributed by atoms with van der Waals surface area (Å²) in [6, 6.07) is 11.6. The van der Waals surface area contributed by atoms with Crippen LogP contribution in [-0.4, -0.2) is 29.6 Å². The number of nitrogens with zero attached hydrogens (tertiary/aromatic N) is 2. The lowest BCUT2D eigenvalue weighted by molar-refractivity contribution is 0.224. The maximum atomic E-state index is 2.46. The molecule has 0 bridgehead atoms. The Labute approximate surface area is 96.5 Å². The molecule has 1 aliphatic rings. The van der Waals surface area contributed by atoms with Crippen molar-refractivity contribution in [2.45, 2.75) is 18.9 Å². The van der Waals surface area contributed by atoms with Crippen LogP contribution in [0.1, 0.15) is 18.9 Å². The Balaban J connectivity index is 1.94. The summed E-state index contributed by atoms with van der Waals surface area (Å²) >= 11 is 0. The molecule has 84 valence electrons. The summed E-state index contributed by atoms with van der Waals surface area (Å²) in [5, 5.41) is 1.36. The second-order valence-electron chi connectivity index (χ2n) is 4.82. The van der Waals surface area contributed by atoms with E-state index in [2.05, 4.69) is 53.0 Å². The molecule has 1 aromatic carbocycles. The van der Waals surface area contributed by atoms with Crippen molar-refractivity contribution in [1.82, 2.24) is 9.47 Å². The predicted octanol–water partition coefficient (Wildman–Crippen LogP) is 2.91. The van der Waals surface area contributed by atoms with Gasteiger partial charge in [-0.05, 0) is 50.5 Å². The van der Waals surface area contributed by atoms with Crippen LogP contribution in [0.25, 0.3) is 10.9 Å². The molecule has 0 spiro atoms. The lowest BCUT2D eigenvalue weighted by Gasteiger charge is -2.30. The molecule has 1 aliphatic heterocycles. The Morgan fingerprint density at radius 1 is 1.06 bits per heavy atom. The summed E-state index contributed by atoms with van der Waals surface area (Å²) in [5.41, 5.74) is 1.39. The van der Waals surface area contributed by atoms with Gasteiger partial charge in [0.1, 0.15) is 0 Å². The van der Waals surface area contributed by atoms with Gasteiger partial charge in [-0.25, -0.2) is 0 Å². The van der Waals surface area contributed by atoms with Gasteiger partial charge in [-0.15, -0.1) is 0 Å². The Hall–Kier alpha value is -1.28. The number of hydrogen-bond donors (Lipinski definition) is 0. The first-order chi connectivity index (χ1) is 7.84. The average molecular weight is 214 g/mol. The second kappa shape index (κ2) is 3.95. The highest BCUT2D eigenvalue weighted by Crippen LogP contribution is 2.26. The van der Waals surface area contributed by atoms with Crippen LogP contribution < -0.4 is 0 Å². The Morgan fingerprint density at radius 3 is 2.62 bits per heavy atom. The zero-order valence-electron chi connectivity index (χ0n) is 9.76. The number of likely N-dealkylation sites (tertiary alicyclic amines) is 1.